The van der Waals surface area contributed by atoms with Gasteiger partial charge in [0, 0.05) is 15.4 Å². The van der Waals surface area contributed by atoms with Gasteiger partial charge >= 0.3 is 0 Å². The minimum atomic E-state index is -0.263. The fourth-order valence-corrected chi connectivity index (χ4v) is 2.23. The first-order valence-corrected chi connectivity index (χ1v) is 6.88. The highest BCUT2D eigenvalue weighted by Crippen LogP contribution is 2.29. The molecule has 0 radical (unpaired) electrons. The van der Waals surface area contributed by atoms with Gasteiger partial charge in [0.05, 0.1) is 0 Å². The molecule has 2 rings (SSSR count). The molecule has 0 saturated heterocycles. The summed E-state index contributed by atoms with van der Waals surface area (Å²) in [4.78, 5) is 0. The van der Waals surface area contributed by atoms with E-state index in [-0.39, 0.29) is 5.82 Å². The Morgan fingerprint density at radius 1 is 1.12 bits per heavy atom. The molecule has 0 unspecified atom stereocenters. The van der Waals surface area contributed by atoms with Crippen molar-refractivity contribution in [1.29, 1.82) is 0 Å². The summed E-state index contributed by atoms with van der Waals surface area (Å²) in [6.07, 6.45) is 0. The first kappa shape index (κ1) is 12.6. The lowest BCUT2D eigenvalue weighted by atomic mass is 10.2. The van der Waals surface area contributed by atoms with E-state index in [1.807, 2.05) is 24.3 Å². The van der Waals surface area contributed by atoms with Crippen LogP contribution in [0, 0.1) is 5.82 Å². The van der Waals surface area contributed by atoms with Gasteiger partial charge in [-0.15, -0.1) is 0 Å². The third-order valence-corrected chi connectivity index (χ3v) is 3.29. The van der Waals surface area contributed by atoms with E-state index in [4.69, 9.17) is 4.74 Å². The normalized spacial score (nSPS) is 10.3. The van der Waals surface area contributed by atoms with Crippen LogP contribution in [0.15, 0.2) is 46.9 Å². The van der Waals surface area contributed by atoms with Gasteiger partial charge in [-0.1, -0.05) is 37.9 Å². The second-order valence-corrected chi connectivity index (χ2v) is 4.92. The third kappa shape index (κ3) is 3.30. The zero-order valence-corrected chi connectivity index (χ0v) is 12.0. The van der Waals surface area contributed by atoms with E-state index in [1.54, 1.807) is 6.07 Å². The number of alkyl halides is 1. The highest BCUT2D eigenvalue weighted by atomic mass is 79.9. The molecule has 88 valence electrons. The largest absolute Gasteiger partial charge is 0.457 e. The molecule has 0 heterocycles. The summed E-state index contributed by atoms with van der Waals surface area (Å²) in [6.45, 7) is 0. The standard InChI is InChI=1S/C13H9Br2FO/c14-8-9-6-11(16)4-5-13(9)17-12-3-1-2-10(15)7-12/h1-7H,8H2. The summed E-state index contributed by atoms with van der Waals surface area (Å²) < 4.78 is 19.7. The highest BCUT2D eigenvalue weighted by molar-refractivity contribution is 9.10. The van der Waals surface area contributed by atoms with Gasteiger partial charge in [0.1, 0.15) is 17.3 Å². The number of hydrogen-bond acceptors (Lipinski definition) is 1. The molecule has 17 heavy (non-hydrogen) atoms. The number of hydrogen-bond donors (Lipinski definition) is 0. The van der Waals surface area contributed by atoms with Crippen LogP contribution in [-0.2, 0) is 5.33 Å². The Kier molecular flexibility index (Phi) is 4.18. The van der Waals surface area contributed by atoms with Gasteiger partial charge < -0.3 is 4.74 Å². The van der Waals surface area contributed by atoms with Gasteiger partial charge in [-0.2, -0.15) is 0 Å². The third-order valence-electron chi connectivity index (χ3n) is 2.19. The van der Waals surface area contributed by atoms with Crippen molar-refractivity contribution in [2.75, 3.05) is 0 Å². The first-order chi connectivity index (χ1) is 8.19. The molecule has 0 aliphatic carbocycles. The Balaban J connectivity index is 2.29. The molecule has 0 fully saturated rings. The quantitative estimate of drug-likeness (QED) is 0.678. The van der Waals surface area contributed by atoms with Crippen LogP contribution < -0.4 is 4.74 Å². The van der Waals surface area contributed by atoms with Crippen molar-refractivity contribution in [2.24, 2.45) is 0 Å². The van der Waals surface area contributed by atoms with E-state index < -0.39 is 0 Å². The molecule has 4 heteroatoms. The van der Waals surface area contributed by atoms with Gasteiger partial charge in [-0.3, -0.25) is 0 Å². The predicted octanol–water partition coefficient (Wildman–Crippen LogP) is 5.28. The lowest BCUT2D eigenvalue weighted by molar-refractivity contribution is 0.476. The maximum Gasteiger partial charge on any atom is 0.131 e. The molecule has 0 aliphatic rings. The average Bonchev–Trinajstić information content (AvgIpc) is 2.31. The van der Waals surface area contributed by atoms with Gasteiger partial charge in [-0.05, 0) is 36.4 Å². The van der Waals surface area contributed by atoms with Crippen molar-refractivity contribution in [1.82, 2.24) is 0 Å². The van der Waals surface area contributed by atoms with Crippen LogP contribution in [-0.4, -0.2) is 0 Å². The molecule has 0 bridgehead atoms. The minimum Gasteiger partial charge on any atom is -0.457 e. The van der Waals surface area contributed by atoms with Gasteiger partial charge in [-0.25, -0.2) is 4.39 Å². The predicted molar refractivity (Wildman–Crippen MR) is 73.2 cm³/mol. The van der Waals surface area contributed by atoms with Crippen LogP contribution in [0.4, 0.5) is 4.39 Å². The Morgan fingerprint density at radius 3 is 2.65 bits per heavy atom. The second-order valence-electron chi connectivity index (χ2n) is 3.45. The molecular weight excluding hydrogens is 351 g/mol. The van der Waals surface area contributed by atoms with Crippen LogP contribution >= 0.6 is 31.9 Å². The fraction of sp³-hybridized carbons (Fsp3) is 0.0769. The van der Waals surface area contributed by atoms with Crippen molar-refractivity contribution in [3.8, 4) is 11.5 Å². The van der Waals surface area contributed by atoms with Crippen LogP contribution in [0.3, 0.4) is 0 Å². The molecule has 0 saturated carbocycles. The van der Waals surface area contributed by atoms with E-state index in [9.17, 15) is 4.39 Å². The summed E-state index contributed by atoms with van der Waals surface area (Å²) >= 11 is 6.69. The van der Waals surface area contributed by atoms with E-state index in [2.05, 4.69) is 31.9 Å². The lowest BCUT2D eigenvalue weighted by Crippen LogP contribution is -1.90. The molecule has 0 aliphatic heterocycles. The molecule has 0 N–H and O–H groups in total. The number of halogens is 3. The highest BCUT2D eigenvalue weighted by Gasteiger charge is 2.05. The zero-order chi connectivity index (χ0) is 12.3. The number of ether oxygens (including phenoxy) is 1. The SMILES string of the molecule is Fc1ccc(Oc2cccc(Br)c2)c(CBr)c1. The summed E-state index contributed by atoms with van der Waals surface area (Å²) in [5.74, 6) is 1.11. The van der Waals surface area contributed by atoms with Crippen molar-refractivity contribution in [3.05, 3.63) is 58.3 Å². The zero-order valence-electron chi connectivity index (χ0n) is 8.79. The Labute approximate surface area is 116 Å². The van der Waals surface area contributed by atoms with Gasteiger partial charge in [0.2, 0.25) is 0 Å². The minimum absolute atomic E-state index is 0.263. The number of rotatable bonds is 3. The molecule has 0 atom stereocenters. The van der Waals surface area contributed by atoms with Crippen LogP contribution in [0.2, 0.25) is 0 Å². The monoisotopic (exact) mass is 358 g/mol. The molecule has 2 aromatic rings. The van der Waals surface area contributed by atoms with E-state index in [0.717, 1.165) is 10.0 Å². The van der Waals surface area contributed by atoms with Crippen LogP contribution in [0.25, 0.3) is 0 Å². The molecule has 2 aromatic carbocycles. The first-order valence-electron chi connectivity index (χ1n) is 4.97. The van der Waals surface area contributed by atoms with Gasteiger partial charge in [0.25, 0.3) is 0 Å². The second kappa shape index (κ2) is 5.65. The fourth-order valence-electron chi connectivity index (χ4n) is 1.41. The Morgan fingerprint density at radius 2 is 1.94 bits per heavy atom. The van der Waals surface area contributed by atoms with Crippen molar-refractivity contribution in [3.63, 3.8) is 0 Å². The van der Waals surface area contributed by atoms with E-state index >= 15 is 0 Å². The topological polar surface area (TPSA) is 9.23 Å². The van der Waals surface area contributed by atoms with Crippen molar-refractivity contribution in [2.45, 2.75) is 5.33 Å². The van der Waals surface area contributed by atoms with E-state index in [1.165, 1.54) is 12.1 Å². The van der Waals surface area contributed by atoms with Gasteiger partial charge in [0.15, 0.2) is 0 Å². The summed E-state index contributed by atoms with van der Waals surface area (Å²) in [6, 6.07) is 12.0. The van der Waals surface area contributed by atoms with Crippen LogP contribution in [0.1, 0.15) is 5.56 Å². The van der Waals surface area contributed by atoms with Crippen molar-refractivity contribution < 1.29 is 9.13 Å². The maximum absolute atomic E-state index is 13.1. The smallest absolute Gasteiger partial charge is 0.131 e. The summed E-state index contributed by atoms with van der Waals surface area (Å²) in [5, 5.41) is 0.550. The summed E-state index contributed by atoms with van der Waals surface area (Å²) in [7, 11) is 0. The van der Waals surface area contributed by atoms with Crippen LogP contribution in [0.5, 0.6) is 11.5 Å². The number of benzene rings is 2. The summed E-state index contributed by atoms with van der Waals surface area (Å²) in [5.41, 5.74) is 0.782. The van der Waals surface area contributed by atoms with E-state index in [0.29, 0.717) is 16.8 Å². The van der Waals surface area contributed by atoms with Crippen molar-refractivity contribution >= 4 is 31.9 Å². The molecule has 0 amide bonds. The molecule has 0 aromatic heterocycles. The molecule has 1 nitrogen and oxygen atoms in total. The maximum atomic E-state index is 13.1. The lowest BCUT2D eigenvalue weighted by Gasteiger charge is -2.09. The average molecular weight is 360 g/mol. The Hall–Kier alpha value is -0.870. The molecular formula is C13H9Br2FO. The Bertz CT molecular complexity index is 529. The molecule has 0 spiro atoms.